The normalized spacial score (nSPS) is 13.1. The van der Waals surface area contributed by atoms with E-state index in [1.54, 1.807) is 23.8 Å². The molecule has 0 radical (unpaired) electrons. The van der Waals surface area contributed by atoms with Crippen molar-refractivity contribution in [1.29, 1.82) is 0 Å². The molecule has 0 atom stereocenters. The Balaban J connectivity index is 1.29. The van der Waals surface area contributed by atoms with Crippen LogP contribution in [0.25, 0.3) is 0 Å². The first kappa shape index (κ1) is 23.4. The van der Waals surface area contributed by atoms with E-state index in [1.807, 2.05) is 60.7 Å². The maximum absolute atomic E-state index is 13.1. The van der Waals surface area contributed by atoms with Gasteiger partial charge in [0.15, 0.2) is 0 Å². The predicted octanol–water partition coefficient (Wildman–Crippen LogP) is 7.13. The van der Waals surface area contributed by atoms with Crippen molar-refractivity contribution in [2.24, 2.45) is 4.99 Å². The number of amides is 1. The van der Waals surface area contributed by atoms with Gasteiger partial charge in [0.25, 0.3) is 5.91 Å². The molecule has 7 heteroatoms. The molecule has 1 aliphatic rings. The summed E-state index contributed by atoms with van der Waals surface area (Å²) in [5.41, 5.74) is 3.81. The van der Waals surface area contributed by atoms with Gasteiger partial charge in [-0.1, -0.05) is 23.7 Å². The predicted molar refractivity (Wildman–Crippen MR) is 140 cm³/mol. The molecule has 0 saturated carbocycles. The molecule has 1 N–H and O–H groups in total. The molecule has 2 aromatic heterocycles. The Bertz CT molecular complexity index is 1330. The fourth-order valence-corrected chi connectivity index (χ4v) is 5.57. The number of rotatable bonds is 8. The number of carbonyl (C=O) groups excluding carboxylic acids is 1. The molecular formula is C28H25ClN2O3S. The van der Waals surface area contributed by atoms with Crippen molar-refractivity contribution in [1.82, 2.24) is 5.32 Å². The summed E-state index contributed by atoms with van der Waals surface area (Å²) in [4.78, 5) is 19.1. The number of aliphatic imine (C=N–C) groups is 1. The molecule has 0 saturated heterocycles. The van der Waals surface area contributed by atoms with Gasteiger partial charge in [-0.15, -0.1) is 11.3 Å². The molecule has 1 aliphatic carbocycles. The van der Waals surface area contributed by atoms with Gasteiger partial charge in [-0.3, -0.25) is 4.79 Å². The largest absolute Gasteiger partial charge is 0.489 e. The summed E-state index contributed by atoms with van der Waals surface area (Å²) in [5, 5.41) is 4.45. The topological polar surface area (TPSA) is 63.8 Å². The molecule has 0 spiro atoms. The summed E-state index contributed by atoms with van der Waals surface area (Å²) >= 11 is 7.66. The lowest BCUT2D eigenvalue weighted by molar-refractivity contribution is 0.0948. The average molecular weight is 505 g/mol. The third-order valence-electron chi connectivity index (χ3n) is 5.89. The maximum atomic E-state index is 13.1. The number of hydrogen-bond acceptors (Lipinski definition) is 5. The number of fused-ring (bicyclic) bond motifs is 1. The van der Waals surface area contributed by atoms with Crippen LogP contribution in [-0.2, 0) is 26.0 Å². The summed E-state index contributed by atoms with van der Waals surface area (Å²) in [7, 11) is 0. The number of halogens is 1. The van der Waals surface area contributed by atoms with Crippen LogP contribution in [0.3, 0.4) is 0 Å². The third-order valence-corrected chi connectivity index (χ3v) is 7.32. The number of benzene rings is 2. The summed E-state index contributed by atoms with van der Waals surface area (Å²) in [6.45, 7) is 0.807. The highest BCUT2D eigenvalue weighted by Crippen LogP contribution is 2.40. The molecule has 1 amide bonds. The highest BCUT2D eigenvalue weighted by Gasteiger charge is 2.25. The van der Waals surface area contributed by atoms with Crippen LogP contribution >= 0.6 is 22.9 Å². The van der Waals surface area contributed by atoms with E-state index >= 15 is 0 Å². The highest BCUT2D eigenvalue weighted by molar-refractivity contribution is 7.16. The van der Waals surface area contributed by atoms with E-state index < -0.39 is 0 Å². The van der Waals surface area contributed by atoms with Gasteiger partial charge in [0.2, 0.25) is 0 Å². The fraction of sp³-hybridized carbons (Fsp3) is 0.214. The quantitative estimate of drug-likeness (QED) is 0.259. The highest BCUT2D eigenvalue weighted by atomic mass is 35.5. The SMILES string of the molecule is O=C(NCc1ccco1)c1c(N=Cc2ccc(OCc3cccc(Cl)c3)cc2)sc2c1CCCC2. The van der Waals surface area contributed by atoms with Crippen LogP contribution in [-0.4, -0.2) is 12.1 Å². The fourth-order valence-electron chi connectivity index (χ4n) is 4.12. The Hall–Kier alpha value is -3.35. The number of furan rings is 1. The van der Waals surface area contributed by atoms with Crippen molar-refractivity contribution in [3.8, 4) is 5.75 Å². The second kappa shape index (κ2) is 10.9. The zero-order chi connectivity index (χ0) is 24.0. The van der Waals surface area contributed by atoms with E-state index in [4.69, 9.17) is 25.7 Å². The molecular weight excluding hydrogens is 480 g/mol. The number of nitrogens with zero attached hydrogens (tertiary/aromatic N) is 1. The monoisotopic (exact) mass is 504 g/mol. The van der Waals surface area contributed by atoms with E-state index in [2.05, 4.69) is 5.32 Å². The van der Waals surface area contributed by atoms with Crippen LogP contribution in [0.5, 0.6) is 5.75 Å². The zero-order valence-electron chi connectivity index (χ0n) is 19.1. The molecule has 178 valence electrons. The van der Waals surface area contributed by atoms with Crippen molar-refractivity contribution in [2.45, 2.75) is 38.8 Å². The van der Waals surface area contributed by atoms with Crippen LogP contribution in [0, 0.1) is 0 Å². The van der Waals surface area contributed by atoms with Gasteiger partial charge in [-0.2, -0.15) is 0 Å². The van der Waals surface area contributed by atoms with Crippen LogP contribution < -0.4 is 10.1 Å². The van der Waals surface area contributed by atoms with Gasteiger partial charge < -0.3 is 14.5 Å². The number of hydrogen-bond donors (Lipinski definition) is 1. The molecule has 0 bridgehead atoms. The molecule has 5 nitrogen and oxygen atoms in total. The number of thiophene rings is 1. The molecule has 5 rings (SSSR count). The van der Waals surface area contributed by atoms with Gasteiger partial charge >= 0.3 is 0 Å². The van der Waals surface area contributed by atoms with Crippen LogP contribution in [0.2, 0.25) is 5.02 Å². The Morgan fingerprint density at radius 2 is 1.97 bits per heavy atom. The minimum absolute atomic E-state index is 0.0993. The van der Waals surface area contributed by atoms with Gasteiger partial charge in [-0.25, -0.2) is 4.99 Å². The minimum atomic E-state index is -0.0993. The molecule has 2 heterocycles. The lowest BCUT2D eigenvalue weighted by atomic mass is 9.95. The van der Waals surface area contributed by atoms with Crippen molar-refractivity contribution >= 4 is 40.1 Å². The van der Waals surface area contributed by atoms with Crippen LogP contribution in [0.4, 0.5) is 5.00 Å². The Kier molecular flexibility index (Phi) is 7.31. The van der Waals surface area contributed by atoms with Crippen molar-refractivity contribution in [3.63, 3.8) is 0 Å². The summed E-state index contributed by atoms with van der Waals surface area (Å²) in [6, 6.07) is 19.1. The first-order chi connectivity index (χ1) is 17.2. The van der Waals surface area contributed by atoms with E-state index in [0.29, 0.717) is 23.7 Å². The molecule has 4 aromatic rings. The zero-order valence-corrected chi connectivity index (χ0v) is 20.7. The van der Waals surface area contributed by atoms with Crippen molar-refractivity contribution in [2.75, 3.05) is 0 Å². The second-order valence-corrected chi connectivity index (χ2v) is 9.92. The maximum Gasteiger partial charge on any atom is 0.255 e. The van der Waals surface area contributed by atoms with Crippen LogP contribution in [0.1, 0.15) is 50.5 Å². The molecule has 2 aromatic carbocycles. The molecule has 35 heavy (non-hydrogen) atoms. The lowest BCUT2D eigenvalue weighted by Gasteiger charge is -2.12. The van der Waals surface area contributed by atoms with Gasteiger partial charge in [0.1, 0.15) is 23.1 Å². The Morgan fingerprint density at radius 3 is 2.77 bits per heavy atom. The van der Waals surface area contributed by atoms with Gasteiger partial charge in [0, 0.05) is 16.1 Å². The second-order valence-electron chi connectivity index (χ2n) is 8.40. The number of nitrogens with one attached hydrogen (secondary N) is 1. The van der Waals surface area contributed by atoms with Gasteiger partial charge in [0.05, 0.1) is 18.4 Å². The Morgan fingerprint density at radius 1 is 1.11 bits per heavy atom. The summed E-state index contributed by atoms with van der Waals surface area (Å²) in [6.07, 6.45) is 7.59. The number of ether oxygens (including phenoxy) is 1. The first-order valence-corrected chi connectivity index (χ1v) is 12.8. The number of carbonyl (C=O) groups is 1. The summed E-state index contributed by atoms with van der Waals surface area (Å²) < 4.78 is 11.2. The van der Waals surface area contributed by atoms with Crippen molar-refractivity contribution < 1.29 is 13.9 Å². The van der Waals surface area contributed by atoms with E-state index in [-0.39, 0.29) is 5.91 Å². The minimum Gasteiger partial charge on any atom is -0.489 e. The summed E-state index contributed by atoms with van der Waals surface area (Å²) in [5.74, 6) is 1.40. The van der Waals surface area contributed by atoms with E-state index in [1.165, 1.54) is 4.88 Å². The smallest absolute Gasteiger partial charge is 0.255 e. The van der Waals surface area contributed by atoms with Gasteiger partial charge in [-0.05, 0) is 90.9 Å². The average Bonchev–Trinajstić information content (AvgIpc) is 3.53. The van der Waals surface area contributed by atoms with Crippen molar-refractivity contribution in [3.05, 3.63) is 105 Å². The van der Waals surface area contributed by atoms with Crippen LogP contribution in [0.15, 0.2) is 76.3 Å². The van der Waals surface area contributed by atoms with E-state index in [0.717, 1.165) is 58.9 Å². The molecule has 0 fully saturated rings. The Labute approximate surface area is 213 Å². The number of aryl methyl sites for hydroxylation is 1. The molecule has 0 aliphatic heterocycles. The standard InChI is InChI=1S/C28H25ClN2O3S/c29-21-6-3-5-20(15-21)18-34-22-12-10-19(11-13-22)16-31-28-26(24-8-1-2-9-25(24)35-28)27(32)30-17-23-7-4-14-33-23/h3-7,10-16H,1-2,8-9,17-18H2,(H,30,32). The molecule has 0 unspecified atom stereocenters. The lowest BCUT2D eigenvalue weighted by Crippen LogP contribution is -2.23. The van der Waals surface area contributed by atoms with E-state index in [9.17, 15) is 4.79 Å². The third kappa shape index (κ3) is 5.84. The first-order valence-electron chi connectivity index (χ1n) is 11.6.